The van der Waals surface area contributed by atoms with Gasteiger partial charge in [0.05, 0.1) is 18.6 Å². The Kier molecular flexibility index (Phi) is 8.35. The number of thioether (sulfide) groups is 1. The molecular weight excluding hydrogens is 460 g/mol. The highest BCUT2D eigenvalue weighted by Crippen LogP contribution is 2.35. The number of carbonyl (C=O) groups is 2. The summed E-state index contributed by atoms with van der Waals surface area (Å²) in [7, 11) is 1.58. The van der Waals surface area contributed by atoms with E-state index in [1.54, 1.807) is 60.6 Å². The molecule has 0 aromatic heterocycles. The molecule has 0 atom stereocenters. The first-order valence-electron chi connectivity index (χ1n) is 10.4. The number of methoxy groups -OCH3 is 1. The normalized spacial score (nSPS) is 14.7. The molecule has 2 aromatic carbocycles. The second-order valence-electron chi connectivity index (χ2n) is 7.35. The zero-order valence-corrected chi connectivity index (χ0v) is 20.5. The SMILES string of the molecule is CCOc1cc(/C=C2\SC(=S)N(C(C)C)C2=O)ccc1OCC(=O)Nc1ccc(OC)cc1. The van der Waals surface area contributed by atoms with Gasteiger partial charge in [0.2, 0.25) is 0 Å². The fourth-order valence-corrected chi connectivity index (χ4v) is 4.62. The predicted octanol–water partition coefficient (Wildman–Crippen LogP) is 4.72. The van der Waals surface area contributed by atoms with E-state index in [0.717, 1.165) is 5.56 Å². The van der Waals surface area contributed by atoms with Crippen molar-refractivity contribution in [1.29, 1.82) is 0 Å². The summed E-state index contributed by atoms with van der Waals surface area (Å²) in [5, 5.41) is 2.77. The van der Waals surface area contributed by atoms with Crippen LogP contribution in [0.25, 0.3) is 6.08 Å². The highest BCUT2D eigenvalue weighted by Gasteiger charge is 2.33. The third-order valence-electron chi connectivity index (χ3n) is 4.64. The first kappa shape index (κ1) is 24.6. The van der Waals surface area contributed by atoms with Crippen molar-refractivity contribution in [2.75, 3.05) is 25.6 Å². The number of nitrogens with zero attached hydrogens (tertiary/aromatic N) is 1. The number of rotatable bonds is 9. The first-order chi connectivity index (χ1) is 15.8. The molecule has 0 radical (unpaired) electrons. The lowest BCUT2D eigenvalue weighted by atomic mass is 10.1. The van der Waals surface area contributed by atoms with Crippen molar-refractivity contribution in [2.24, 2.45) is 0 Å². The van der Waals surface area contributed by atoms with Crippen LogP contribution in [0.4, 0.5) is 5.69 Å². The lowest BCUT2D eigenvalue weighted by Gasteiger charge is -2.18. The third-order valence-corrected chi connectivity index (χ3v) is 5.97. The highest BCUT2D eigenvalue weighted by atomic mass is 32.2. The summed E-state index contributed by atoms with van der Waals surface area (Å²) in [5.41, 5.74) is 1.42. The lowest BCUT2D eigenvalue weighted by molar-refractivity contribution is -0.123. The molecule has 3 rings (SSSR count). The molecule has 33 heavy (non-hydrogen) atoms. The van der Waals surface area contributed by atoms with Crippen molar-refractivity contribution in [3.8, 4) is 17.2 Å². The maximum atomic E-state index is 12.6. The van der Waals surface area contributed by atoms with E-state index >= 15 is 0 Å². The minimum atomic E-state index is -0.302. The van der Waals surface area contributed by atoms with E-state index in [-0.39, 0.29) is 24.5 Å². The number of nitrogens with one attached hydrogen (secondary N) is 1. The van der Waals surface area contributed by atoms with Gasteiger partial charge in [-0.3, -0.25) is 14.5 Å². The maximum Gasteiger partial charge on any atom is 0.266 e. The molecule has 1 aliphatic rings. The van der Waals surface area contributed by atoms with Gasteiger partial charge in [-0.25, -0.2) is 0 Å². The van der Waals surface area contributed by atoms with Gasteiger partial charge in [0.25, 0.3) is 11.8 Å². The number of carbonyl (C=O) groups excluding carboxylic acids is 2. The van der Waals surface area contributed by atoms with Crippen LogP contribution in [0.3, 0.4) is 0 Å². The van der Waals surface area contributed by atoms with Crippen LogP contribution in [0.15, 0.2) is 47.4 Å². The first-order valence-corrected chi connectivity index (χ1v) is 11.7. The van der Waals surface area contributed by atoms with Gasteiger partial charge >= 0.3 is 0 Å². The van der Waals surface area contributed by atoms with Gasteiger partial charge in [0, 0.05) is 11.7 Å². The molecule has 0 saturated carbocycles. The quantitative estimate of drug-likeness (QED) is 0.406. The zero-order chi connectivity index (χ0) is 24.0. The Bertz CT molecular complexity index is 1070. The van der Waals surface area contributed by atoms with Crippen molar-refractivity contribution in [3.05, 3.63) is 52.9 Å². The minimum Gasteiger partial charge on any atom is -0.497 e. The Morgan fingerprint density at radius 3 is 2.48 bits per heavy atom. The van der Waals surface area contributed by atoms with Gasteiger partial charge in [0.15, 0.2) is 18.1 Å². The molecule has 1 heterocycles. The van der Waals surface area contributed by atoms with Crippen LogP contribution >= 0.6 is 24.0 Å². The average Bonchev–Trinajstić information content (AvgIpc) is 3.06. The van der Waals surface area contributed by atoms with E-state index in [0.29, 0.717) is 38.8 Å². The monoisotopic (exact) mass is 486 g/mol. The number of amides is 2. The Morgan fingerprint density at radius 1 is 1.15 bits per heavy atom. The number of benzene rings is 2. The van der Waals surface area contributed by atoms with Crippen molar-refractivity contribution >= 4 is 51.9 Å². The Labute approximate surface area is 203 Å². The van der Waals surface area contributed by atoms with Crippen LogP contribution in [-0.2, 0) is 9.59 Å². The molecule has 0 bridgehead atoms. The molecule has 1 N–H and O–H groups in total. The molecule has 0 spiro atoms. The van der Waals surface area contributed by atoms with E-state index in [2.05, 4.69) is 5.32 Å². The molecule has 2 aromatic rings. The van der Waals surface area contributed by atoms with Gasteiger partial charge < -0.3 is 19.5 Å². The molecule has 1 saturated heterocycles. The minimum absolute atomic E-state index is 0.00206. The van der Waals surface area contributed by atoms with Gasteiger partial charge in [-0.15, -0.1) is 0 Å². The van der Waals surface area contributed by atoms with Crippen LogP contribution in [0, 0.1) is 0 Å². The second kappa shape index (κ2) is 11.2. The Hall–Kier alpha value is -3.04. The van der Waals surface area contributed by atoms with E-state index in [1.165, 1.54) is 11.8 Å². The van der Waals surface area contributed by atoms with Crippen LogP contribution in [0.1, 0.15) is 26.3 Å². The smallest absolute Gasteiger partial charge is 0.266 e. The third kappa shape index (κ3) is 6.27. The van der Waals surface area contributed by atoms with Crippen molar-refractivity contribution in [1.82, 2.24) is 4.90 Å². The molecular formula is C24H26N2O5S2. The van der Waals surface area contributed by atoms with E-state index < -0.39 is 0 Å². The average molecular weight is 487 g/mol. The fraction of sp³-hybridized carbons (Fsp3) is 0.292. The summed E-state index contributed by atoms with van der Waals surface area (Å²) in [4.78, 5) is 27.1. The largest absolute Gasteiger partial charge is 0.497 e. The van der Waals surface area contributed by atoms with Crippen LogP contribution in [0.2, 0.25) is 0 Å². The molecule has 174 valence electrons. The van der Waals surface area contributed by atoms with Crippen molar-refractivity contribution in [3.63, 3.8) is 0 Å². The number of anilines is 1. The van der Waals surface area contributed by atoms with Crippen LogP contribution < -0.4 is 19.5 Å². The standard InChI is InChI=1S/C24H26N2O5S2/c1-5-30-20-12-16(13-21-23(28)26(15(2)3)24(32)33-21)6-11-19(20)31-14-22(27)25-17-7-9-18(29-4)10-8-17/h6-13,15H,5,14H2,1-4H3,(H,25,27)/b21-13-. The molecule has 9 heteroatoms. The second-order valence-corrected chi connectivity index (χ2v) is 9.03. The van der Waals surface area contributed by atoms with E-state index in [4.69, 9.17) is 26.4 Å². The Balaban J connectivity index is 1.69. The van der Waals surface area contributed by atoms with Crippen molar-refractivity contribution in [2.45, 2.75) is 26.8 Å². The molecule has 2 amide bonds. The summed E-state index contributed by atoms with van der Waals surface area (Å²) in [5.74, 6) is 1.23. The summed E-state index contributed by atoms with van der Waals surface area (Å²) in [6.07, 6.45) is 1.78. The number of thiocarbonyl (C=S) groups is 1. The molecule has 1 aliphatic heterocycles. The number of ether oxygens (including phenoxy) is 3. The Morgan fingerprint density at radius 2 is 1.88 bits per heavy atom. The topological polar surface area (TPSA) is 77.1 Å². The van der Waals surface area contributed by atoms with Gasteiger partial charge in [-0.2, -0.15) is 0 Å². The van der Waals surface area contributed by atoms with E-state index in [1.807, 2.05) is 20.8 Å². The molecule has 7 nitrogen and oxygen atoms in total. The number of hydrogen-bond acceptors (Lipinski definition) is 7. The highest BCUT2D eigenvalue weighted by molar-refractivity contribution is 8.26. The maximum absolute atomic E-state index is 12.6. The van der Waals surface area contributed by atoms with Gasteiger partial charge in [0.1, 0.15) is 10.1 Å². The molecule has 0 aliphatic carbocycles. The fourth-order valence-electron chi connectivity index (χ4n) is 3.09. The van der Waals surface area contributed by atoms with Gasteiger partial charge in [-0.05, 0) is 68.8 Å². The number of hydrogen-bond donors (Lipinski definition) is 1. The summed E-state index contributed by atoms with van der Waals surface area (Å²) in [6, 6.07) is 12.3. The summed E-state index contributed by atoms with van der Waals surface area (Å²) in [6.45, 7) is 5.96. The van der Waals surface area contributed by atoms with Crippen LogP contribution in [-0.4, -0.2) is 47.4 Å². The van der Waals surface area contributed by atoms with Crippen molar-refractivity contribution < 1.29 is 23.8 Å². The molecule has 0 unspecified atom stereocenters. The zero-order valence-electron chi connectivity index (χ0n) is 18.9. The van der Waals surface area contributed by atoms with Gasteiger partial charge in [-0.1, -0.05) is 30.0 Å². The summed E-state index contributed by atoms with van der Waals surface area (Å²) >= 11 is 6.61. The predicted molar refractivity (Wildman–Crippen MR) is 135 cm³/mol. The molecule has 1 fully saturated rings. The lowest BCUT2D eigenvalue weighted by Crippen LogP contribution is -2.34. The summed E-state index contributed by atoms with van der Waals surface area (Å²) < 4.78 is 17.1. The van der Waals surface area contributed by atoms with Crippen LogP contribution in [0.5, 0.6) is 17.2 Å². The van der Waals surface area contributed by atoms with E-state index in [9.17, 15) is 9.59 Å².